The minimum Gasteiger partial charge on any atom is -0.505 e. The SMILES string of the molecule is Cl.O=C(Nc1ccc(S)cc1)c1ccc2cccnc2c1O.O=[N+]([O-])c1ccccc1. The fourth-order valence-electron chi connectivity index (χ4n) is 2.61. The lowest BCUT2D eigenvalue weighted by atomic mass is 10.1. The maximum Gasteiger partial charge on any atom is 0.269 e. The summed E-state index contributed by atoms with van der Waals surface area (Å²) in [6.07, 6.45) is 1.58. The van der Waals surface area contributed by atoms with E-state index in [0.717, 1.165) is 10.3 Å². The van der Waals surface area contributed by atoms with Crippen LogP contribution in [0.25, 0.3) is 10.9 Å². The molecule has 1 heterocycles. The number of benzene rings is 3. The number of phenols is 1. The van der Waals surface area contributed by atoms with Gasteiger partial charge in [0, 0.05) is 34.3 Å². The van der Waals surface area contributed by atoms with Crippen molar-refractivity contribution in [2.45, 2.75) is 4.90 Å². The molecule has 2 N–H and O–H groups in total. The fraction of sp³-hybridized carbons (Fsp3) is 0. The summed E-state index contributed by atoms with van der Waals surface area (Å²) >= 11 is 4.19. The van der Waals surface area contributed by atoms with Gasteiger partial charge in [-0.1, -0.05) is 30.3 Å². The van der Waals surface area contributed by atoms with Gasteiger partial charge in [-0.15, -0.1) is 25.0 Å². The summed E-state index contributed by atoms with van der Waals surface area (Å²) in [6, 6.07) is 21.9. The molecule has 1 amide bonds. The fourth-order valence-corrected chi connectivity index (χ4v) is 2.75. The van der Waals surface area contributed by atoms with Crippen LogP contribution in [0.4, 0.5) is 11.4 Å². The molecule has 0 radical (unpaired) electrons. The van der Waals surface area contributed by atoms with E-state index in [0.29, 0.717) is 11.2 Å². The van der Waals surface area contributed by atoms with Crippen LogP contribution in [-0.4, -0.2) is 20.9 Å². The van der Waals surface area contributed by atoms with E-state index in [9.17, 15) is 20.0 Å². The van der Waals surface area contributed by atoms with Crippen molar-refractivity contribution in [2.24, 2.45) is 0 Å². The van der Waals surface area contributed by atoms with Gasteiger partial charge in [0.1, 0.15) is 5.52 Å². The Labute approximate surface area is 189 Å². The molecule has 4 aromatic rings. The Hall–Kier alpha value is -3.62. The molecule has 0 bridgehead atoms. The topological polar surface area (TPSA) is 105 Å². The maximum atomic E-state index is 12.2. The highest BCUT2D eigenvalue weighted by Gasteiger charge is 2.14. The molecule has 0 saturated heterocycles. The summed E-state index contributed by atoms with van der Waals surface area (Å²) in [5.74, 6) is -0.497. The lowest BCUT2D eigenvalue weighted by Crippen LogP contribution is -2.12. The molecular weight excluding hydrogens is 438 g/mol. The van der Waals surface area contributed by atoms with Gasteiger partial charge in [0.25, 0.3) is 11.6 Å². The Morgan fingerprint density at radius 2 is 1.65 bits per heavy atom. The number of aromatic nitrogens is 1. The first-order valence-electron chi connectivity index (χ1n) is 8.82. The number of halogens is 1. The molecule has 0 spiro atoms. The highest BCUT2D eigenvalue weighted by Crippen LogP contribution is 2.27. The predicted octanol–water partition coefficient (Wildman–Crippen LogP) is 5.50. The van der Waals surface area contributed by atoms with Crippen molar-refractivity contribution in [3.63, 3.8) is 0 Å². The van der Waals surface area contributed by atoms with Gasteiger partial charge in [0.2, 0.25) is 0 Å². The van der Waals surface area contributed by atoms with E-state index in [1.54, 1.807) is 66.9 Å². The van der Waals surface area contributed by atoms with Crippen molar-refractivity contribution in [3.8, 4) is 5.75 Å². The van der Waals surface area contributed by atoms with Crippen molar-refractivity contribution in [1.82, 2.24) is 4.98 Å². The Bertz CT molecular complexity index is 1190. The Morgan fingerprint density at radius 3 is 2.26 bits per heavy atom. The summed E-state index contributed by atoms with van der Waals surface area (Å²) in [6.45, 7) is 0. The van der Waals surface area contributed by atoms with Crippen molar-refractivity contribution in [1.29, 1.82) is 0 Å². The quantitative estimate of drug-likeness (QED) is 0.215. The number of hydrogen-bond donors (Lipinski definition) is 3. The smallest absolute Gasteiger partial charge is 0.269 e. The van der Waals surface area contributed by atoms with E-state index in [1.807, 2.05) is 6.07 Å². The van der Waals surface area contributed by atoms with Crippen LogP contribution in [0.2, 0.25) is 0 Å². The van der Waals surface area contributed by atoms with Crippen LogP contribution in [-0.2, 0) is 0 Å². The number of anilines is 1. The zero-order valence-corrected chi connectivity index (χ0v) is 17.7. The number of aromatic hydroxyl groups is 1. The first-order valence-corrected chi connectivity index (χ1v) is 9.27. The number of rotatable bonds is 3. The van der Waals surface area contributed by atoms with E-state index >= 15 is 0 Å². The van der Waals surface area contributed by atoms with Gasteiger partial charge in [0.15, 0.2) is 5.75 Å². The van der Waals surface area contributed by atoms with Gasteiger partial charge >= 0.3 is 0 Å². The number of hydrogen-bond acceptors (Lipinski definition) is 6. The molecule has 3 aromatic carbocycles. The monoisotopic (exact) mass is 455 g/mol. The number of nitrogens with zero attached hydrogens (tertiary/aromatic N) is 2. The third-order valence-electron chi connectivity index (χ3n) is 4.08. The van der Waals surface area contributed by atoms with Gasteiger partial charge in [-0.25, -0.2) is 0 Å². The molecule has 1 aromatic heterocycles. The summed E-state index contributed by atoms with van der Waals surface area (Å²) in [5, 5.41) is 23.7. The molecule has 0 fully saturated rings. The second-order valence-corrected chi connectivity index (χ2v) is 6.65. The number of nitrogens with one attached hydrogen (secondary N) is 1. The molecule has 4 rings (SSSR count). The van der Waals surface area contributed by atoms with Crippen LogP contribution in [0.1, 0.15) is 10.4 Å². The van der Waals surface area contributed by atoms with E-state index in [4.69, 9.17) is 0 Å². The number of para-hydroxylation sites is 1. The maximum absolute atomic E-state index is 12.2. The van der Waals surface area contributed by atoms with Crippen LogP contribution in [0, 0.1) is 10.1 Å². The van der Waals surface area contributed by atoms with Crippen molar-refractivity contribution >= 4 is 53.2 Å². The normalized spacial score (nSPS) is 9.71. The van der Waals surface area contributed by atoms with E-state index < -0.39 is 4.92 Å². The molecule has 0 atom stereocenters. The molecule has 0 aliphatic heterocycles. The molecule has 0 aliphatic rings. The first-order chi connectivity index (χ1) is 14.5. The van der Waals surface area contributed by atoms with Gasteiger partial charge in [0.05, 0.1) is 10.5 Å². The number of phenolic OH excluding ortho intramolecular Hbond substituents is 1. The summed E-state index contributed by atoms with van der Waals surface area (Å²) in [4.78, 5) is 26.7. The number of amides is 1. The number of pyridine rings is 1. The van der Waals surface area contributed by atoms with Crippen molar-refractivity contribution < 1.29 is 14.8 Å². The molecule has 9 heteroatoms. The Kier molecular flexibility index (Phi) is 8.36. The molecule has 0 aliphatic carbocycles. The number of fused-ring (bicyclic) bond motifs is 1. The third kappa shape index (κ3) is 6.18. The largest absolute Gasteiger partial charge is 0.505 e. The molecule has 0 saturated carbocycles. The van der Waals surface area contributed by atoms with E-state index in [-0.39, 0.29) is 35.3 Å². The highest BCUT2D eigenvalue weighted by molar-refractivity contribution is 7.80. The summed E-state index contributed by atoms with van der Waals surface area (Å²) in [5.41, 5.74) is 1.38. The van der Waals surface area contributed by atoms with Gasteiger partial charge in [-0.3, -0.25) is 19.9 Å². The highest BCUT2D eigenvalue weighted by atomic mass is 35.5. The number of nitro groups is 1. The van der Waals surface area contributed by atoms with Crippen LogP contribution in [0.5, 0.6) is 5.75 Å². The second-order valence-electron chi connectivity index (χ2n) is 6.13. The Balaban J connectivity index is 0.000000289. The number of nitro benzene ring substituents is 1. The van der Waals surface area contributed by atoms with Gasteiger partial charge in [-0.05, 0) is 36.4 Å². The molecule has 0 unspecified atom stereocenters. The summed E-state index contributed by atoms with van der Waals surface area (Å²) in [7, 11) is 0. The second kappa shape index (κ2) is 11.0. The number of thiol groups is 1. The molecular formula is C22H18ClN3O4S. The molecule has 31 heavy (non-hydrogen) atoms. The van der Waals surface area contributed by atoms with Crippen LogP contribution in [0.15, 0.2) is 90.0 Å². The number of non-ortho nitro benzene ring substituents is 1. The van der Waals surface area contributed by atoms with Crippen LogP contribution >= 0.6 is 25.0 Å². The van der Waals surface area contributed by atoms with Crippen molar-refractivity contribution in [3.05, 3.63) is 101 Å². The van der Waals surface area contributed by atoms with Gasteiger partial charge < -0.3 is 10.4 Å². The third-order valence-corrected chi connectivity index (χ3v) is 4.38. The lowest BCUT2D eigenvalue weighted by molar-refractivity contribution is -0.384. The first kappa shape index (κ1) is 23.7. The average molecular weight is 456 g/mol. The van der Waals surface area contributed by atoms with E-state index in [1.165, 1.54) is 12.1 Å². The van der Waals surface area contributed by atoms with Gasteiger partial charge in [-0.2, -0.15) is 0 Å². The summed E-state index contributed by atoms with van der Waals surface area (Å²) < 4.78 is 0. The zero-order chi connectivity index (χ0) is 21.5. The average Bonchev–Trinajstić information content (AvgIpc) is 2.77. The number of carbonyl (C=O) groups excluding carboxylic acids is 1. The lowest BCUT2D eigenvalue weighted by Gasteiger charge is -2.08. The van der Waals surface area contributed by atoms with Crippen LogP contribution < -0.4 is 5.32 Å². The Morgan fingerprint density at radius 1 is 0.968 bits per heavy atom. The van der Waals surface area contributed by atoms with Crippen LogP contribution in [0.3, 0.4) is 0 Å². The minimum atomic E-state index is -0.417. The van der Waals surface area contributed by atoms with E-state index in [2.05, 4.69) is 22.9 Å². The number of carbonyl (C=O) groups is 1. The molecule has 7 nitrogen and oxygen atoms in total. The molecule has 158 valence electrons. The van der Waals surface area contributed by atoms with Crippen molar-refractivity contribution in [2.75, 3.05) is 5.32 Å². The minimum absolute atomic E-state index is 0. The zero-order valence-electron chi connectivity index (χ0n) is 16.0. The predicted molar refractivity (Wildman–Crippen MR) is 125 cm³/mol. The standard InChI is InChI=1S/C16H12N2O2S.C6H5NO2.ClH/c19-15-13(8-3-10-2-1-9-17-14(10)15)16(20)18-11-4-6-12(21)7-5-11;8-7(9)6-4-2-1-3-5-6;/h1-9,19,21H,(H,18,20);1-5H;1H.